The second-order valence-electron chi connectivity index (χ2n) is 5.93. The second kappa shape index (κ2) is 5.91. The first-order valence-electron chi connectivity index (χ1n) is 7.82. The van der Waals surface area contributed by atoms with E-state index in [0.717, 1.165) is 24.9 Å². The Morgan fingerprint density at radius 2 is 2.12 bits per heavy atom. The zero-order valence-corrected chi connectivity index (χ0v) is 13.6. The fraction of sp³-hybridized carbons (Fsp3) is 0.222. The van der Waals surface area contributed by atoms with Crippen molar-refractivity contribution in [1.82, 2.24) is 9.38 Å². The highest BCUT2D eigenvalue weighted by Gasteiger charge is 2.21. The van der Waals surface area contributed by atoms with Crippen LogP contribution in [0.1, 0.15) is 17.7 Å². The van der Waals surface area contributed by atoms with Crippen LogP contribution in [0.15, 0.2) is 47.4 Å². The molecule has 0 saturated carbocycles. The van der Waals surface area contributed by atoms with Crippen LogP contribution in [0.3, 0.4) is 0 Å². The molecule has 1 aromatic carbocycles. The van der Waals surface area contributed by atoms with Crippen LogP contribution in [0.25, 0.3) is 5.65 Å². The van der Waals surface area contributed by atoms with Crippen molar-refractivity contribution in [2.75, 3.05) is 11.4 Å². The summed E-state index contributed by atoms with van der Waals surface area (Å²) in [6, 6.07) is 10.1. The zero-order valence-electron chi connectivity index (χ0n) is 12.9. The Hall–Kier alpha value is -2.40. The molecular weight excluding hydrogens is 329 g/mol. The van der Waals surface area contributed by atoms with Gasteiger partial charge in [0.05, 0.1) is 22.9 Å². The monoisotopic (exact) mass is 343 g/mol. The molecule has 1 aliphatic heterocycles. The summed E-state index contributed by atoms with van der Waals surface area (Å²) in [5.74, 6) is -0.225. The van der Waals surface area contributed by atoms with Crippen molar-refractivity contribution in [1.29, 1.82) is 0 Å². The number of rotatable bonds is 2. The highest BCUT2D eigenvalue weighted by molar-refractivity contribution is 6.30. The molecule has 0 spiro atoms. The number of para-hydroxylation sites is 1. The summed E-state index contributed by atoms with van der Waals surface area (Å²) in [5.41, 5.74) is 2.60. The van der Waals surface area contributed by atoms with Crippen molar-refractivity contribution in [2.24, 2.45) is 0 Å². The van der Waals surface area contributed by atoms with Crippen molar-refractivity contribution in [3.63, 3.8) is 0 Å². The van der Waals surface area contributed by atoms with Gasteiger partial charge in [-0.3, -0.25) is 9.20 Å². The average molecular weight is 344 g/mol. The topological polar surface area (TPSA) is 37.6 Å². The molecule has 6 heteroatoms. The van der Waals surface area contributed by atoms with Crippen molar-refractivity contribution in [3.05, 3.63) is 75.0 Å². The van der Waals surface area contributed by atoms with Gasteiger partial charge in [-0.2, -0.15) is 0 Å². The van der Waals surface area contributed by atoms with Gasteiger partial charge in [0.1, 0.15) is 11.5 Å². The molecule has 0 unspecified atom stereocenters. The van der Waals surface area contributed by atoms with Gasteiger partial charge in [-0.25, -0.2) is 9.37 Å². The van der Waals surface area contributed by atoms with Crippen LogP contribution < -0.4 is 10.5 Å². The number of anilines is 1. The predicted octanol–water partition coefficient (Wildman–Crippen LogP) is 3.44. The molecule has 0 fully saturated rings. The van der Waals surface area contributed by atoms with Crippen LogP contribution in [-0.4, -0.2) is 15.9 Å². The highest BCUT2D eigenvalue weighted by Crippen LogP contribution is 2.30. The van der Waals surface area contributed by atoms with Gasteiger partial charge < -0.3 is 4.90 Å². The summed E-state index contributed by atoms with van der Waals surface area (Å²) >= 11 is 5.92. The lowest BCUT2D eigenvalue weighted by Gasteiger charge is -2.31. The highest BCUT2D eigenvalue weighted by atomic mass is 35.5. The molecule has 24 heavy (non-hydrogen) atoms. The SMILES string of the molecule is O=c1cc(CN2CCCc3cccc(F)c32)nc2ccc(Cl)cn12. The minimum absolute atomic E-state index is 0.191. The minimum atomic E-state index is -0.225. The first-order chi connectivity index (χ1) is 11.6. The lowest BCUT2D eigenvalue weighted by Crippen LogP contribution is -2.31. The molecule has 3 aromatic rings. The molecular formula is C18H15ClFN3O. The lowest BCUT2D eigenvalue weighted by molar-refractivity contribution is 0.594. The number of aryl methyl sites for hydroxylation is 1. The van der Waals surface area contributed by atoms with Crippen molar-refractivity contribution in [3.8, 4) is 0 Å². The number of fused-ring (bicyclic) bond motifs is 2. The van der Waals surface area contributed by atoms with Gasteiger partial charge in [0.25, 0.3) is 5.56 Å². The maximum absolute atomic E-state index is 14.3. The zero-order chi connectivity index (χ0) is 16.7. The molecule has 122 valence electrons. The maximum atomic E-state index is 14.3. The fourth-order valence-corrected chi connectivity index (χ4v) is 3.41. The van der Waals surface area contributed by atoms with E-state index in [4.69, 9.17) is 11.6 Å². The van der Waals surface area contributed by atoms with Crippen LogP contribution in [0.5, 0.6) is 0 Å². The van der Waals surface area contributed by atoms with Gasteiger partial charge in [0.2, 0.25) is 0 Å². The van der Waals surface area contributed by atoms with Crippen LogP contribution >= 0.6 is 11.6 Å². The molecule has 0 aliphatic carbocycles. The van der Waals surface area contributed by atoms with E-state index in [1.165, 1.54) is 16.5 Å². The first-order valence-corrected chi connectivity index (χ1v) is 8.20. The molecule has 0 saturated heterocycles. The van der Waals surface area contributed by atoms with Crippen molar-refractivity contribution in [2.45, 2.75) is 19.4 Å². The minimum Gasteiger partial charge on any atom is -0.363 e. The van der Waals surface area contributed by atoms with Gasteiger partial charge in [-0.05, 0) is 36.6 Å². The standard InChI is InChI=1S/C18H15ClFN3O/c19-13-6-7-16-21-14(9-17(24)23(16)10-13)11-22-8-2-4-12-3-1-5-15(20)18(12)22/h1,3,5-7,9-10H,2,4,8,11H2. The molecule has 0 N–H and O–H groups in total. The van der Waals surface area contributed by atoms with E-state index in [1.807, 2.05) is 11.0 Å². The number of pyridine rings is 1. The summed E-state index contributed by atoms with van der Waals surface area (Å²) in [4.78, 5) is 18.8. The quantitative estimate of drug-likeness (QED) is 0.715. The molecule has 0 bridgehead atoms. The van der Waals surface area contributed by atoms with Crippen molar-refractivity contribution < 1.29 is 4.39 Å². The van der Waals surface area contributed by atoms with Crippen LogP contribution in [0.4, 0.5) is 10.1 Å². The summed E-state index contributed by atoms with van der Waals surface area (Å²) in [6.45, 7) is 1.15. The van der Waals surface area contributed by atoms with Gasteiger partial charge in [0.15, 0.2) is 0 Å². The van der Waals surface area contributed by atoms with Crippen LogP contribution in [0.2, 0.25) is 5.02 Å². The maximum Gasteiger partial charge on any atom is 0.258 e. The third-order valence-electron chi connectivity index (χ3n) is 4.29. The van der Waals surface area contributed by atoms with E-state index < -0.39 is 0 Å². The number of hydrogen-bond acceptors (Lipinski definition) is 3. The van der Waals surface area contributed by atoms with E-state index in [2.05, 4.69) is 4.98 Å². The molecule has 4 nitrogen and oxygen atoms in total. The molecule has 1 aliphatic rings. The number of nitrogens with zero attached hydrogens (tertiary/aromatic N) is 3. The second-order valence-corrected chi connectivity index (χ2v) is 6.37. The summed E-state index contributed by atoms with van der Waals surface area (Å²) in [7, 11) is 0. The molecule has 3 heterocycles. The molecule has 0 amide bonds. The molecule has 0 radical (unpaired) electrons. The summed E-state index contributed by atoms with van der Waals surface area (Å²) < 4.78 is 15.7. The Balaban J connectivity index is 1.74. The van der Waals surface area contributed by atoms with Gasteiger partial charge >= 0.3 is 0 Å². The fourth-order valence-electron chi connectivity index (χ4n) is 3.25. The summed E-state index contributed by atoms with van der Waals surface area (Å²) in [6.07, 6.45) is 3.38. The first kappa shape index (κ1) is 15.1. The Morgan fingerprint density at radius 1 is 1.25 bits per heavy atom. The Labute approximate surface area is 143 Å². The molecule has 4 rings (SSSR count). The third kappa shape index (κ3) is 2.65. The predicted molar refractivity (Wildman–Crippen MR) is 92.2 cm³/mol. The summed E-state index contributed by atoms with van der Waals surface area (Å²) in [5, 5.41) is 0.478. The van der Waals surface area contributed by atoms with Crippen LogP contribution in [-0.2, 0) is 13.0 Å². The largest absolute Gasteiger partial charge is 0.363 e. The average Bonchev–Trinajstić information content (AvgIpc) is 2.56. The van der Waals surface area contributed by atoms with E-state index in [9.17, 15) is 9.18 Å². The van der Waals surface area contributed by atoms with Crippen molar-refractivity contribution >= 4 is 22.9 Å². The normalized spacial score (nSPS) is 14.0. The molecule has 2 aromatic heterocycles. The van der Waals surface area contributed by atoms with E-state index >= 15 is 0 Å². The van der Waals surface area contributed by atoms with Gasteiger partial charge in [-0.15, -0.1) is 0 Å². The number of aromatic nitrogens is 2. The number of hydrogen-bond donors (Lipinski definition) is 0. The third-order valence-corrected chi connectivity index (χ3v) is 4.51. The van der Waals surface area contributed by atoms with Gasteiger partial charge in [0, 0.05) is 18.8 Å². The number of halogens is 2. The van der Waals surface area contributed by atoms with E-state index in [1.54, 1.807) is 24.4 Å². The Morgan fingerprint density at radius 3 is 3.00 bits per heavy atom. The lowest BCUT2D eigenvalue weighted by atomic mass is 10.0. The van der Waals surface area contributed by atoms with E-state index in [0.29, 0.717) is 28.6 Å². The number of benzene rings is 1. The van der Waals surface area contributed by atoms with Crippen LogP contribution in [0, 0.1) is 5.82 Å². The Kier molecular flexibility index (Phi) is 3.73. The Bertz CT molecular complexity index is 986. The molecule has 0 atom stereocenters. The van der Waals surface area contributed by atoms with E-state index in [-0.39, 0.29) is 11.4 Å². The smallest absolute Gasteiger partial charge is 0.258 e. The van der Waals surface area contributed by atoms with Gasteiger partial charge in [-0.1, -0.05) is 23.7 Å².